The Hall–Kier alpha value is -2.37. The summed E-state index contributed by atoms with van der Waals surface area (Å²) < 4.78 is 0. The first-order chi connectivity index (χ1) is 11.1. The Morgan fingerprint density at radius 3 is 2.91 bits per heavy atom. The first kappa shape index (κ1) is 15.5. The van der Waals surface area contributed by atoms with Crippen LogP contribution in [0, 0.1) is 0 Å². The first-order valence-corrected chi connectivity index (χ1v) is 8.07. The molecule has 4 amide bonds. The maximum absolute atomic E-state index is 12.9. The summed E-state index contributed by atoms with van der Waals surface area (Å²) >= 11 is 0. The third-order valence-electron chi connectivity index (χ3n) is 4.52. The van der Waals surface area contributed by atoms with Gasteiger partial charge in [-0.1, -0.05) is 31.2 Å². The lowest BCUT2D eigenvalue weighted by Gasteiger charge is -2.33. The van der Waals surface area contributed by atoms with Crippen LogP contribution in [0.1, 0.15) is 37.3 Å². The van der Waals surface area contributed by atoms with E-state index in [1.807, 2.05) is 31.2 Å². The Balaban J connectivity index is 1.86. The number of amides is 4. The molecule has 6 nitrogen and oxygen atoms in total. The highest BCUT2D eigenvalue weighted by molar-refractivity contribution is 6.09. The molecular formula is C17H21N3O3. The molecule has 1 spiro atoms. The molecule has 1 aliphatic heterocycles. The van der Waals surface area contributed by atoms with E-state index in [4.69, 9.17) is 0 Å². The fraction of sp³-hybridized carbons (Fsp3) is 0.471. The zero-order valence-corrected chi connectivity index (χ0v) is 13.2. The summed E-state index contributed by atoms with van der Waals surface area (Å²) in [5.41, 5.74) is 0.947. The number of urea groups is 1. The van der Waals surface area contributed by atoms with Gasteiger partial charge in [0.1, 0.15) is 12.1 Å². The van der Waals surface area contributed by atoms with E-state index in [-0.39, 0.29) is 18.4 Å². The number of fused-ring (bicyclic) bond motifs is 2. The Morgan fingerprint density at radius 2 is 2.13 bits per heavy atom. The Bertz CT molecular complexity index is 658. The largest absolute Gasteiger partial charge is 0.355 e. The number of hydrogen-bond donors (Lipinski definition) is 2. The second kappa shape index (κ2) is 6.02. The van der Waals surface area contributed by atoms with Gasteiger partial charge in [-0.2, -0.15) is 0 Å². The number of hydrogen-bond acceptors (Lipinski definition) is 3. The van der Waals surface area contributed by atoms with E-state index in [2.05, 4.69) is 10.6 Å². The van der Waals surface area contributed by atoms with Crippen molar-refractivity contribution in [1.82, 2.24) is 15.5 Å². The van der Waals surface area contributed by atoms with Gasteiger partial charge in [-0.3, -0.25) is 14.5 Å². The number of aryl methyl sites for hydroxylation is 1. The third kappa shape index (κ3) is 2.58. The van der Waals surface area contributed by atoms with E-state index >= 15 is 0 Å². The fourth-order valence-corrected chi connectivity index (χ4v) is 3.42. The lowest BCUT2D eigenvalue weighted by molar-refractivity contribution is -0.135. The maximum Gasteiger partial charge on any atom is 0.325 e. The molecule has 0 bridgehead atoms. The van der Waals surface area contributed by atoms with Crippen molar-refractivity contribution in [2.45, 2.75) is 38.1 Å². The molecule has 1 saturated heterocycles. The molecule has 0 aromatic heterocycles. The second-order valence-electron chi connectivity index (χ2n) is 6.09. The molecule has 1 aliphatic carbocycles. The standard InChI is InChI=1S/C17H21N3O3/c1-2-10-18-14(21)11-20-15(22)17(19-16(20)23)9-5-7-12-6-3-4-8-13(12)17/h3-4,6,8H,2,5,7,9-11H2,1H3,(H,18,21)(H,19,23)/t17-/m0/s1. The molecule has 1 fully saturated rings. The predicted octanol–water partition coefficient (Wildman–Crippen LogP) is 1.30. The molecule has 0 unspecified atom stereocenters. The molecule has 1 heterocycles. The van der Waals surface area contributed by atoms with Crippen molar-refractivity contribution >= 4 is 17.8 Å². The molecule has 0 radical (unpaired) electrons. The topological polar surface area (TPSA) is 78.5 Å². The van der Waals surface area contributed by atoms with E-state index < -0.39 is 11.6 Å². The Labute approximate surface area is 135 Å². The van der Waals surface area contributed by atoms with Gasteiger partial charge in [0.15, 0.2) is 0 Å². The molecule has 2 N–H and O–H groups in total. The van der Waals surface area contributed by atoms with Gasteiger partial charge in [-0.05, 0) is 36.8 Å². The number of benzene rings is 1. The van der Waals surface area contributed by atoms with E-state index in [0.717, 1.165) is 35.3 Å². The van der Waals surface area contributed by atoms with Crippen molar-refractivity contribution in [3.05, 3.63) is 35.4 Å². The molecule has 3 rings (SSSR count). The summed E-state index contributed by atoms with van der Waals surface area (Å²) in [6, 6.07) is 7.22. The van der Waals surface area contributed by atoms with Crippen molar-refractivity contribution in [3.8, 4) is 0 Å². The average Bonchev–Trinajstić information content (AvgIpc) is 2.78. The quantitative estimate of drug-likeness (QED) is 0.822. The summed E-state index contributed by atoms with van der Waals surface area (Å²) in [4.78, 5) is 38.1. The van der Waals surface area contributed by atoms with E-state index in [0.29, 0.717) is 13.0 Å². The lowest BCUT2D eigenvalue weighted by atomic mass is 9.76. The molecular weight excluding hydrogens is 294 g/mol. The van der Waals surface area contributed by atoms with Crippen molar-refractivity contribution in [2.75, 3.05) is 13.1 Å². The summed E-state index contributed by atoms with van der Waals surface area (Å²) in [7, 11) is 0. The molecule has 1 aromatic carbocycles. The minimum atomic E-state index is -1.00. The van der Waals surface area contributed by atoms with Gasteiger partial charge < -0.3 is 10.6 Å². The number of rotatable bonds is 4. The van der Waals surface area contributed by atoms with Gasteiger partial charge in [0.05, 0.1) is 0 Å². The second-order valence-corrected chi connectivity index (χ2v) is 6.09. The SMILES string of the molecule is CCCNC(=O)CN1C(=O)N[C@]2(CCCc3ccccc32)C1=O. The van der Waals surface area contributed by atoms with Crippen LogP contribution in [0.25, 0.3) is 0 Å². The number of carbonyl (C=O) groups excluding carboxylic acids is 3. The predicted molar refractivity (Wildman–Crippen MR) is 84.6 cm³/mol. The van der Waals surface area contributed by atoms with Crippen LogP contribution in [0.15, 0.2) is 24.3 Å². The van der Waals surface area contributed by atoms with Gasteiger partial charge in [0, 0.05) is 6.54 Å². The van der Waals surface area contributed by atoms with Crippen molar-refractivity contribution in [1.29, 1.82) is 0 Å². The minimum Gasteiger partial charge on any atom is -0.355 e. The zero-order valence-electron chi connectivity index (χ0n) is 13.2. The number of imide groups is 1. The zero-order chi connectivity index (χ0) is 16.4. The minimum absolute atomic E-state index is 0.228. The Kier molecular flexibility index (Phi) is 4.07. The van der Waals surface area contributed by atoms with Crippen LogP contribution in [0.4, 0.5) is 4.79 Å². The van der Waals surface area contributed by atoms with Crippen LogP contribution in [0.2, 0.25) is 0 Å². The summed E-state index contributed by atoms with van der Waals surface area (Å²) in [6.07, 6.45) is 3.11. The summed E-state index contributed by atoms with van der Waals surface area (Å²) in [5.74, 6) is -0.627. The van der Waals surface area contributed by atoms with Crippen molar-refractivity contribution in [2.24, 2.45) is 0 Å². The van der Waals surface area contributed by atoms with Gasteiger partial charge in [-0.25, -0.2) is 4.79 Å². The molecule has 122 valence electrons. The van der Waals surface area contributed by atoms with Gasteiger partial charge in [-0.15, -0.1) is 0 Å². The van der Waals surface area contributed by atoms with Crippen molar-refractivity contribution < 1.29 is 14.4 Å². The van der Waals surface area contributed by atoms with E-state index in [1.165, 1.54) is 0 Å². The molecule has 2 aliphatic rings. The highest BCUT2D eigenvalue weighted by Crippen LogP contribution is 2.39. The lowest BCUT2D eigenvalue weighted by Crippen LogP contribution is -2.47. The first-order valence-electron chi connectivity index (χ1n) is 8.07. The molecule has 23 heavy (non-hydrogen) atoms. The highest BCUT2D eigenvalue weighted by Gasteiger charge is 2.54. The molecule has 1 atom stereocenters. The van der Waals surface area contributed by atoms with Gasteiger partial charge >= 0.3 is 6.03 Å². The van der Waals surface area contributed by atoms with Crippen LogP contribution in [-0.4, -0.2) is 35.8 Å². The molecule has 1 aromatic rings. The van der Waals surface area contributed by atoms with Gasteiger partial charge in [0.2, 0.25) is 5.91 Å². The fourth-order valence-electron chi connectivity index (χ4n) is 3.42. The number of nitrogens with one attached hydrogen (secondary N) is 2. The normalized spacial score (nSPS) is 22.9. The van der Waals surface area contributed by atoms with Gasteiger partial charge in [0.25, 0.3) is 5.91 Å². The third-order valence-corrected chi connectivity index (χ3v) is 4.52. The number of nitrogens with zero attached hydrogens (tertiary/aromatic N) is 1. The van der Waals surface area contributed by atoms with E-state index in [9.17, 15) is 14.4 Å². The van der Waals surface area contributed by atoms with Crippen LogP contribution in [-0.2, 0) is 21.5 Å². The van der Waals surface area contributed by atoms with Crippen LogP contribution < -0.4 is 10.6 Å². The molecule has 0 saturated carbocycles. The van der Waals surface area contributed by atoms with Crippen LogP contribution in [0.5, 0.6) is 0 Å². The van der Waals surface area contributed by atoms with Crippen molar-refractivity contribution in [3.63, 3.8) is 0 Å². The highest BCUT2D eigenvalue weighted by atomic mass is 16.2. The summed E-state index contributed by atoms with van der Waals surface area (Å²) in [6.45, 7) is 2.26. The van der Waals surface area contributed by atoms with Crippen LogP contribution >= 0.6 is 0 Å². The average molecular weight is 315 g/mol. The molecule has 6 heteroatoms. The monoisotopic (exact) mass is 315 g/mol. The smallest absolute Gasteiger partial charge is 0.325 e. The Morgan fingerprint density at radius 1 is 1.35 bits per heavy atom. The number of carbonyl (C=O) groups is 3. The maximum atomic E-state index is 12.9. The van der Waals surface area contributed by atoms with E-state index in [1.54, 1.807) is 0 Å². The summed E-state index contributed by atoms with van der Waals surface area (Å²) in [5, 5.41) is 5.54. The van der Waals surface area contributed by atoms with Crippen LogP contribution in [0.3, 0.4) is 0 Å².